The highest BCUT2D eigenvalue weighted by atomic mass is 16.5. The first-order valence-electron chi connectivity index (χ1n) is 11.2. The molecule has 0 saturated carbocycles. The van der Waals surface area contributed by atoms with E-state index in [1.165, 1.54) is 0 Å². The van der Waals surface area contributed by atoms with Gasteiger partial charge in [-0.15, -0.1) is 0 Å². The molecule has 0 rings (SSSR count). The van der Waals surface area contributed by atoms with Crippen LogP contribution in [0.15, 0.2) is 0 Å². The summed E-state index contributed by atoms with van der Waals surface area (Å²) in [5, 5.41) is 8.18. The van der Waals surface area contributed by atoms with Gasteiger partial charge >= 0.3 is 0 Å². The molecule has 0 spiro atoms. The minimum Gasteiger partial charge on any atom is -0.379 e. The minimum absolute atomic E-state index is 0.0355. The van der Waals surface area contributed by atoms with Crippen molar-refractivity contribution in [3.05, 3.63) is 0 Å². The lowest BCUT2D eigenvalue weighted by Crippen LogP contribution is -2.31. The first-order chi connectivity index (χ1) is 15.1. The Bertz CT molecular complexity index is 464. The van der Waals surface area contributed by atoms with Crippen LogP contribution in [0.5, 0.6) is 0 Å². The Morgan fingerprint density at radius 2 is 0.839 bits per heavy atom. The monoisotopic (exact) mass is 447 g/mol. The maximum absolute atomic E-state index is 11.7. The first-order valence-corrected chi connectivity index (χ1v) is 11.2. The van der Waals surface area contributed by atoms with Gasteiger partial charge in [0.2, 0.25) is 17.7 Å². The van der Waals surface area contributed by atoms with E-state index in [0.717, 1.165) is 19.4 Å². The molecule has 0 aliphatic rings. The van der Waals surface area contributed by atoms with Gasteiger partial charge in [-0.3, -0.25) is 14.4 Å². The van der Waals surface area contributed by atoms with Gasteiger partial charge in [0.1, 0.15) is 0 Å². The fourth-order valence-corrected chi connectivity index (χ4v) is 2.30. The van der Waals surface area contributed by atoms with Crippen molar-refractivity contribution >= 4 is 17.7 Å². The third kappa shape index (κ3) is 22.8. The molecule has 0 aliphatic heterocycles. The highest BCUT2D eigenvalue weighted by molar-refractivity contribution is 5.83. The van der Waals surface area contributed by atoms with E-state index in [0.29, 0.717) is 72.3 Å². The largest absolute Gasteiger partial charge is 0.379 e. The predicted octanol–water partition coefficient (Wildman–Crippen LogP) is 0.392. The maximum Gasteiger partial charge on any atom is 0.220 e. The van der Waals surface area contributed by atoms with Crippen molar-refractivity contribution in [3.8, 4) is 0 Å². The van der Waals surface area contributed by atoms with Gasteiger partial charge in [-0.25, -0.2) is 0 Å². The van der Waals surface area contributed by atoms with Crippen LogP contribution >= 0.6 is 0 Å². The number of hydrogen-bond donors (Lipinski definition) is 3. The van der Waals surface area contributed by atoms with Crippen LogP contribution in [0.2, 0.25) is 0 Å². The van der Waals surface area contributed by atoms with Gasteiger partial charge in [-0.05, 0) is 12.8 Å². The Morgan fingerprint density at radius 1 is 0.484 bits per heavy atom. The third-order valence-electron chi connectivity index (χ3n) is 3.85. The molecular weight excluding hydrogens is 406 g/mol. The second kappa shape index (κ2) is 22.9. The normalized spacial score (nSPS) is 10.6. The van der Waals surface area contributed by atoms with E-state index in [9.17, 15) is 14.4 Å². The summed E-state index contributed by atoms with van der Waals surface area (Å²) in [5.41, 5.74) is 0. The van der Waals surface area contributed by atoms with Gasteiger partial charge in [0.05, 0.1) is 46.2 Å². The summed E-state index contributed by atoms with van der Waals surface area (Å²) in [5.74, 6) is -0.337. The second-order valence-corrected chi connectivity index (χ2v) is 6.75. The molecule has 0 unspecified atom stereocenters. The Morgan fingerprint density at radius 3 is 1.19 bits per heavy atom. The van der Waals surface area contributed by atoms with Crippen LogP contribution in [-0.4, -0.2) is 90.2 Å². The third-order valence-corrected chi connectivity index (χ3v) is 3.85. The second-order valence-electron chi connectivity index (χ2n) is 6.75. The van der Waals surface area contributed by atoms with Crippen LogP contribution in [0.1, 0.15) is 46.0 Å². The van der Waals surface area contributed by atoms with E-state index >= 15 is 0 Å². The topological polar surface area (TPSA) is 124 Å². The van der Waals surface area contributed by atoms with Crippen molar-refractivity contribution in [2.45, 2.75) is 46.0 Å². The van der Waals surface area contributed by atoms with E-state index < -0.39 is 0 Å². The van der Waals surface area contributed by atoms with Crippen molar-refractivity contribution < 1.29 is 33.3 Å². The molecule has 3 N–H and O–H groups in total. The number of ether oxygens (including phenoxy) is 4. The standard InChI is InChI=1S/C21H41N3O7/c1-3-5-19(25)22-8-12-30-17-18-31-14-10-24-21(27)7-6-20(26)23-9-13-29-16-15-28-11-4-2/h3-18H2,1-2H3,(H,22,25)(H,23,26)(H,24,27). The van der Waals surface area contributed by atoms with Crippen LogP contribution in [0.4, 0.5) is 0 Å². The molecule has 10 heteroatoms. The Balaban J connectivity index is 3.35. The quantitative estimate of drug-likeness (QED) is 0.205. The highest BCUT2D eigenvalue weighted by Crippen LogP contribution is 1.90. The lowest BCUT2D eigenvalue weighted by atomic mass is 10.3. The van der Waals surface area contributed by atoms with Crippen molar-refractivity contribution in [2.75, 3.05) is 72.5 Å². The molecule has 0 bridgehead atoms. The number of nitrogens with one attached hydrogen (secondary N) is 3. The molecule has 3 amide bonds. The predicted molar refractivity (Wildman–Crippen MR) is 117 cm³/mol. The molecule has 0 heterocycles. The molecule has 0 aromatic heterocycles. The fraction of sp³-hybridized carbons (Fsp3) is 0.857. The highest BCUT2D eigenvalue weighted by Gasteiger charge is 2.06. The number of carbonyl (C=O) groups excluding carboxylic acids is 3. The van der Waals surface area contributed by atoms with Gasteiger partial charge in [0.25, 0.3) is 0 Å². The van der Waals surface area contributed by atoms with Gasteiger partial charge < -0.3 is 34.9 Å². The molecule has 0 atom stereocenters. The van der Waals surface area contributed by atoms with E-state index in [1.807, 2.05) is 13.8 Å². The Kier molecular flexibility index (Phi) is 21.6. The average Bonchev–Trinajstić information content (AvgIpc) is 2.75. The van der Waals surface area contributed by atoms with Gasteiger partial charge in [-0.2, -0.15) is 0 Å². The summed E-state index contributed by atoms with van der Waals surface area (Å²) in [7, 11) is 0. The van der Waals surface area contributed by atoms with Crippen LogP contribution in [0.25, 0.3) is 0 Å². The van der Waals surface area contributed by atoms with Crippen LogP contribution in [-0.2, 0) is 33.3 Å². The molecule has 31 heavy (non-hydrogen) atoms. The van der Waals surface area contributed by atoms with Crippen molar-refractivity contribution in [2.24, 2.45) is 0 Å². The van der Waals surface area contributed by atoms with E-state index in [2.05, 4.69) is 16.0 Å². The van der Waals surface area contributed by atoms with Crippen LogP contribution in [0, 0.1) is 0 Å². The zero-order valence-corrected chi connectivity index (χ0v) is 19.2. The minimum atomic E-state index is -0.192. The smallest absolute Gasteiger partial charge is 0.220 e. The van der Waals surface area contributed by atoms with Gasteiger partial charge in [-0.1, -0.05) is 13.8 Å². The molecular formula is C21H41N3O7. The summed E-state index contributed by atoms with van der Waals surface area (Å²) in [4.78, 5) is 34.6. The summed E-state index contributed by atoms with van der Waals surface area (Å²) in [6.45, 7) is 9.13. The van der Waals surface area contributed by atoms with Crippen molar-refractivity contribution in [3.63, 3.8) is 0 Å². The van der Waals surface area contributed by atoms with E-state index in [4.69, 9.17) is 18.9 Å². The van der Waals surface area contributed by atoms with E-state index in [-0.39, 0.29) is 30.6 Å². The number of carbonyl (C=O) groups is 3. The number of hydrogen-bond acceptors (Lipinski definition) is 7. The molecule has 10 nitrogen and oxygen atoms in total. The fourth-order valence-electron chi connectivity index (χ4n) is 2.30. The van der Waals surface area contributed by atoms with Crippen molar-refractivity contribution in [1.82, 2.24) is 16.0 Å². The van der Waals surface area contributed by atoms with Crippen LogP contribution < -0.4 is 16.0 Å². The zero-order valence-electron chi connectivity index (χ0n) is 19.2. The molecule has 0 fully saturated rings. The number of rotatable bonds is 22. The summed E-state index contributed by atoms with van der Waals surface area (Å²) >= 11 is 0. The molecule has 182 valence electrons. The average molecular weight is 448 g/mol. The lowest BCUT2D eigenvalue weighted by molar-refractivity contribution is -0.126. The summed E-state index contributed by atoms with van der Waals surface area (Å²) < 4.78 is 21.3. The maximum atomic E-state index is 11.7. The molecule has 0 aliphatic carbocycles. The summed E-state index contributed by atoms with van der Waals surface area (Å²) in [6.07, 6.45) is 2.60. The van der Waals surface area contributed by atoms with Gasteiger partial charge in [0, 0.05) is 45.5 Å². The van der Waals surface area contributed by atoms with E-state index in [1.54, 1.807) is 0 Å². The lowest BCUT2D eigenvalue weighted by Gasteiger charge is -2.08. The number of amides is 3. The Labute approximate surface area is 186 Å². The summed E-state index contributed by atoms with van der Waals surface area (Å²) in [6, 6.07) is 0. The first kappa shape index (κ1) is 29.2. The van der Waals surface area contributed by atoms with Crippen molar-refractivity contribution in [1.29, 1.82) is 0 Å². The SMILES string of the molecule is CCCOCCOCCNC(=O)CCC(=O)NCCOCCOCCNC(=O)CCC. The van der Waals surface area contributed by atoms with Crippen LogP contribution in [0.3, 0.4) is 0 Å². The molecule has 0 radical (unpaired) electrons. The molecule has 0 aromatic rings. The Hall–Kier alpha value is -1.75. The molecule has 0 aromatic carbocycles. The van der Waals surface area contributed by atoms with Gasteiger partial charge in [0.15, 0.2) is 0 Å². The molecule has 0 saturated heterocycles. The zero-order chi connectivity index (χ0) is 23.0.